The maximum Gasteiger partial charge on any atom is 0.240 e. The Morgan fingerprint density at radius 1 is 1.24 bits per heavy atom. The molecule has 0 spiro atoms. The van der Waals surface area contributed by atoms with Crippen molar-refractivity contribution in [1.82, 2.24) is 4.72 Å². The molecule has 21 heavy (non-hydrogen) atoms. The number of hydrogen-bond donors (Lipinski definition) is 3. The number of sulfonamides is 1. The van der Waals surface area contributed by atoms with Gasteiger partial charge in [-0.15, -0.1) is 0 Å². The highest BCUT2D eigenvalue weighted by molar-refractivity contribution is 7.89. The minimum absolute atomic E-state index is 0.270. The van der Waals surface area contributed by atoms with Crippen LogP contribution in [0.1, 0.15) is 32.6 Å². The number of rotatable bonds is 7. The van der Waals surface area contributed by atoms with Gasteiger partial charge in [0.25, 0.3) is 0 Å². The summed E-state index contributed by atoms with van der Waals surface area (Å²) < 4.78 is 26.7. The van der Waals surface area contributed by atoms with Crippen molar-refractivity contribution in [3.63, 3.8) is 0 Å². The largest absolute Gasteiger partial charge is 0.397 e. The van der Waals surface area contributed by atoms with Crippen molar-refractivity contribution >= 4 is 21.4 Å². The van der Waals surface area contributed by atoms with E-state index in [4.69, 9.17) is 5.73 Å². The number of nitrogens with two attached hydrogens (primary N) is 1. The van der Waals surface area contributed by atoms with Gasteiger partial charge in [0.15, 0.2) is 0 Å². The van der Waals surface area contributed by atoms with Crippen LogP contribution in [-0.4, -0.2) is 21.0 Å². The van der Waals surface area contributed by atoms with Gasteiger partial charge in [0, 0.05) is 12.6 Å². The maximum atomic E-state index is 12.1. The van der Waals surface area contributed by atoms with Crippen molar-refractivity contribution in [3.8, 4) is 0 Å². The quantitative estimate of drug-likeness (QED) is 0.674. The summed E-state index contributed by atoms with van der Waals surface area (Å²) in [6, 6.07) is 5.33. The fourth-order valence-electron chi connectivity index (χ4n) is 2.81. The number of anilines is 2. The number of nitrogens with one attached hydrogen (secondary N) is 2. The van der Waals surface area contributed by atoms with Gasteiger partial charge in [-0.1, -0.05) is 6.92 Å². The average molecular weight is 309 g/mol. The van der Waals surface area contributed by atoms with Crippen molar-refractivity contribution in [2.24, 2.45) is 11.8 Å². The van der Waals surface area contributed by atoms with Crippen molar-refractivity contribution < 1.29 is 8.42 Å². The van der Waals surface area contributed by atoms with Gasteiger partial charge in [0.05, 0.1) is 16.3 Å². The third-order valence-electron chi connectivity index (χ3n) is 4.25. The second-order valence-electron chi connectivity index (χ2n) is 6.10. The minimum Gasteiger partial charge on any atom is -0.397 e. The van der Waals surface area contributed by atoms with Crippen LogP contribution >= 0.6 is 0 Å². The molecule has 0 radical (unpaired) electrons. The third kappa shape index (κ3) is 3.32. The molecule has 0 bridgehead atoms. The summed E-state index contributed by atoms with van der Waals surface area (Å²) in [6.45, 7) is 2.15. The standard InChI is InChI=1S/C15H23N3O2S/c1-2-17-21(19,20)12-7-8-13(16)14(9-12)18-15(10-3-4-10)11-5-6-11/h7-11,15,17-18H,2-6,16H2,1H3. The first-order valence-electron chi connectivity index (χ1n) is 7.67. The van der Waals surface area contributed by atoms with Gasteiger partial charge >= 0.3 is 0 Å². The lowest BCUT2D eigenvalue weighted by atomic mass is 10.1. The zero-order valence-corrected chi connectivity index (χ0v) is 13.1. The Bertz CT molecular complexity index is 610. The summed E-state index contributed by atoms with van der Waals surface area (Å²) in [4.78, 5) is 0.270. The fraction of sp³-hybridized carbons (Fsp3) is 0.600. The molecule has 1 aromatic carbocycles. The molecule has 0 amide bonds. The smallest absolute Gasteiger partial charge is 0.240 e. The second kappa shape index (κ2) is 5.50. The van der Waals surface area contributed by atoms with Crippen LogP contribution in [0.25, 0.3) is 0 Å². The predicted octanol–water partition coefficient (Wildman–Crippen LogP) is 2.17. The zero-order valence-electron chi connectivity index (χ0n) is 12.3. The van der Waals surface area contributed by atoms with E-state index in [-0.39, 0.29) is 4.90 Å². The molecular weight excluding hydrogens is 286 g/mol. The van der Waals surface area contributed by atoms with E-state index in [1.807, 2.05) is 0 Å². The van der Waals surface area contributed by atoms with Gasteiger partial charge in [-0.05, 0) is 55.7 Å². The first-order valence-corrected chi connectivity index (χ1v) is 9.15. The van der Waals surface area contributed by atoms with Gasteiger partial charge in [0.2, 0.25) is 10.0 Å². The van der Waals surface area contributed by atoms with E-state index in [2.05, 4.69) is 10.0 Å². The Balaban J connectivity index is 1.84. The zero-order chi connectivity index (χ0) is 15.0. The Morgan fingerprint density at radius 2 is 1.86 bits per heavy atom. The molecule has 5 nitrogen and oxygen atoms in total. The number of benzene rings is 1. The van der Waals surface area contributed by atoms with Crippen LogP contribution in [0.2, 0.25) is 0 Å². The van der Waals surface area contributed by atoms with Crippen LogP contribution in [0.15, 0.2) is 23.1 Å². The van der Waals surface area contributed by atoms with E-state index in [1.165, 1.54) is 25.7 Å². The first kappa shape index (κ1) is 14.7. The topological polar surface area (TPSA) is 84.2 Å². The molecule has 2 fully saturated rings. The molecule has 0 unspecified atom stereocenters. The summed E-state index contributed by atoms with van der Waals surface area (Å²) in [5.41, 5.74) is 7.37. The molecule has 0 aromatic heterocycles. The summed E-state index contributed by atoms with van der Waals surface area (Å²) >= 11 is 0. The lowest BCUT2D eigenvalue weighted by molar-refractivity contribution is 0.567. The van der Waals surface area contributed by atoms with E-state index < -0.39 is 10.0 Å². The molecule has 2 aliphatic carbocycles. The normalized spacial score (nSPS) is 19.0. The lowest BCUT2D eigenvalue weighted by Crippen LogP contribution is -2.26. The number of hydrogen-bond acceptors (Lipinski definition) is 4. The Labute approximate surface area is 126 Å². The van der Waals surface area contributed by atoms with Crippen LogP contribution < -0.4 is 15.8 Å². The van der Waals surface area contributed by atoms with Gasteiger partial charge in [-0.2, -0.15) is 0 Å². The summed E-state index contributed by atoms with van der Waals surface area (Å²) in [5, 5.41) is 3.51. The summed E-state index contributed by atoms with van der Waals surface area (Å²) in [5.74, 6) is 1.46. The molecule has 2 saturated carbocycles. The summed E-state index contributed by atoms with van der Waals surface area (Å²) in [6.07, 6.45) is 5.07. The van der Waals surface area contributed by atoms with Crippen molar-refractivity contribution in [1.29, 1.82) is 0 Å². The fourth-order valence-corrected chi connectivity index (χ4v) is 3.88. The van der Waals surface area contributed by atoms with Crippen LogP contribution in [0.3, 0.4) is 0 Å². The Kier molecular flexibility index (Phi) is 3.84. The average Bonchev–Trinajstić information content (AvgIpc) is 3.30. The molecule has 116 valence electrons. The van der Waals surface area contributed by atoms with Crippen LogP contribution in [-0.2, 0) is 10.0 Å². The van der Waals surface area contributed by atoms with Gasteiger partial charge in [0.1, 0.15) is 0 Å². The van der Waals surface area contributed by atoms with Crippen molar-refractivity contribution in [2.45, 2.75) is 43.5 Å². The highest BCUT2D eigenvalue weighted by Gasteiger charge is 2.41. The molecule has 0 atom stereocenters. The molecule has 4 N–H and O–H groups in total. The molecule has 0 heterocycles. The highest BCUT2D eigenvalue weighted by atomic mass is 32.2. The molecule has 2 aliphatic rings. The molecule has 0 aliphatic heterocycles. The second-order valence-corrected chi connectivity index (χ2v) is 7.86. The minimum atomic E-state index is -3.44. The third-order valence-corrected chi connectivity index (χ3v) is 5.79. The summed E-state index contributed by atoms with van der Waals surface area (Å²) in [7, 11) is -3.44. The molecular formula is C15H23N3O2S. The maximum absolute atomic E-state index is 12.1. The molecule has 6 heteroatoms. The van der Waals surface area contributed by atoms with E-state index in [0.29, 0.717) is 18.3 Å². The van der Waals surface area contributed by atoms with E-state index in [9.17, 15) is 8.42 Å². The lowest BCUT2D eigenvalue weighted by Gasteiger charge is -2.21. The van der Waals surface area contributed by atoms with E-state index in [0.717, 1.165) is 17.5 Å². The van der Waals surface area contributed by atoms with E-state index >= 15 is 0 Å². The Hall–Kier alpha value is -1.27. The van der Waals surface area contributed by atoms with Crippen LogP contribution in [0.4, 0.5) is 11.4 Å². The van der Waals surface area contributed by atoms with Crippen molar-refractivity contribution in [2.75, 3.05) is 17.6 Å². The Morgan fingerprint density at radius 3 is 2.38 bits per heavy atom. The van der Waals surface area contributed by atoms with Gasteiger partial charge in [-0.25, -0.2) is 13.1 Å². The highest BCUT2D eigenvalue weighted by Crippen LogP contribution is 2.46. The van der Waals surface area contributed by atoms with Crippen LogP contribution in [0, 0.1) is 11.8 Å². The van der Waals surface area contributed by atoms with E-state index in [1.54, 1.807) is 25.1 Å². The monoisotopic (exact) mass is 309 g/mol. The van der Waals surface area contributed by atoms with Gasteiger partial charge in [-0.3, -0.25) is 0 Å². The predicted molar refractivity (Wildman–Crippen MR) is 84.6 cm³/mol. The molecule has 1 aromatic rings. The molecule has 0 saturated heterocycles. The van der Waals surface area contributed by atoms with Crippen LogP contribution in [0.5, 0.6) is 0 Å². The van der Waals surface area contributed by atoms with Crippen molar-refractivity contribution in [3.05, 3.63) is 18.2 Å². The molecule has 3 rings (SSSR count). The SMILES string of the molecule is CCNS(=O)(=O)c1ccc(N)c(NC(C2CC2)C2CC2)c1. The van der Waals surface area contributed by atoms with Gasteiger partial charge < -0.3 is 11.1 Å². The first-order chi connectivity index (χ1) is 10.0. The number of nitrogen functional groups attached to an aromatic ring is 1.